The molecule has 0 aliphatic carbocycles. The van der Waals surface area contributed by atoms with Crippen molar-refractivity contribution in [2.75, 3.05) is 11.9 Å². The van der Waals surface area contributed by atoms with Crippen LogP contribution in [0.5, 0.6) is 0 Å². The number of carbonyl (C=O) groups is 2. The summed E-state index contributed by atoms with van der Waals surface area (Å²) >= 11 is 2.98. The van der Waals surface area contributed by atoms with E-state index in [9.17, 15) is 19.7 Å². The number of halogens is 1. The molecule has 140 valence electrons. The highest BCUT2D eigenvalue weighted by molar-refractivity contribution is 9.10. The second-order valence-electron chi connectivity index (χ2n) is 5.80. The third-order valence-corrected chi connectivity index (χ3v) is 4.06. The Morgan fingerprint density at radius 1 is 1.38 bits per heavy atom. The average molecular weight is 428 g/mol. The standard InChI is InChI=1S/C14H18BrN7O4/c1-4-21-6-8(10(20-21)13(23)16-5-7(2)3)17-14(24)11-9(15)12(19-18-11)22(25)26/h6-7H,4-5H2,1-3H3,(H,16,23)(H,17,24)(H,18,19). The van der Waals surface area contributed by atoms with E-state index in [0.29, 0.717) is 13.1 Å². The van der Waals surface area contributed by atoms with Gasteiger partial charge in [0.15, 0.2) is 11.4 Å². The van der Waals surface area contributed by atoms with Crippen LogP contribution in [0.2, 0.25) is 0 Å². The normalized spacial score (nSPS) is 10.8. The SMILES string of the molecule is CCn1cc(NC(=O)c2n[nH]c([N+](=O)[O-])c2Br)c(C(=O)NCC(C)C)n1. The lowest BCUT2D eigenvalue weighted by atomic mass is 10.2. The van der Waals surface area contributed by atoms with Crippen LogP contribution in [0.15, 0.2) is 10.7 Å². The lowest BCUT2D eigenvalue weighted by molar-refractivity contribution is -0.390. The van der Waals surface area contributed by atoms with E-state index in [1.165, 1.54) is 10.9 Å². The average Bonchev–Trinajstić information content (AvgIpc) is 3.16. The van der Waals surface area contributed by atoms with E-state index in [1.54, 1.807) is 0 Å². The van der Waals surface area contributed by atoms with Gasteiger partial charge in [0.2, 0.25) is 0 Å². The van der Waals surface area contributed by atoms with Crippen molar-refractivity contribution in [3.63, 3.8) is 0 Å². The number of aromatic nitrogens is 4. The van der Waals surface area contributed by atoms with Crippen molar-refractivity contribution in [1.82, 2.24) is 25.3 Å². The molecule has 0 radical (unpaired) electrons. The van der Waals surface area contributed by atoms with Gasteiger partial charge >= 0.3 is 5.82 Å². The molecule has 0 unspecified atom stereocenters. The Kier molecular flexibility index (Phi) is 6.08. The first kappa shape index (κ1) is 19.6. The van der Waals surface area contributed by atoms with Gasteiger partial charge in [0, 0.05) is 19.3 Å². The Morgan fingerprint density at radius 2 is 2.08 bits per heavy atom. The summed E-state index contributed by atoms with van der Waals surface area (Å²) in [4.78, 5) is 34.8. The highest BCUT2D eigenvalue weighted by Gasteiger charge is 2.26. The van der Waals surface area contributed by atoms with Crippen molar-refractivity contribution in [3.05, 3.63) is 32.2 Å². The number of amides is 2. The predicted molar refractivity (Wildman–Crippen MR) is 96.0 cm³/mol. The van der Waals surface area contributed by atoms with Crippen LogP contribution in [0.1, 0.15) is 41.7 Å². The second-order valence-corrected chi connectivity index (χ2v) is 6.59. The predicted octanol–water partition coefficient (Wildman–Crippen LogP) is 1.93. The molecule has 0 atom stereocenters. The maximum atomic E-state index is 12.4. The van der Waals surface area contributed by atoms with Gasteiger partial charge in [-0.3, -0.25) is 14.3 Å². The highest BCUT2D eigenvalue weighted by atomic mass is 79.9. The number of anilines is 1. The first-order valence-electron chi connectivity index (χ1n) is 7.79. The maximum Gasteiger partial charge on any atom is 0.357 e. The van der Waals surface area contributed by atoms with Gasteiger partial charge in [-0.1, -0.05) is 18.9 Å². The van der Waals surface area contributed by atoms with Crippen molar-refractivity contribution >= 4 is 39.2 Å². The molecule has 0 aromatic carbocycles. The summed E-state index contributed by atoms with van der Waals surface area (Å²) in [5.41, 5.74) is 0.0483. The molecule has 26 heavy (non-hydrogen) atoms. The zero-order valence-electron chi connectivity index (χ0n) is 14.4. The van der Waals surface area contributed by atoms with E-state index >= 15 is 0 Å². The Bertz CT molecular complexity index is 842. The van der Waals surface area contributed by atoms with E-state index in [1.807, 2.05) is 20.8 Å². The van der Waals surface area contributed by atoms with Gasteiger partial charge in [0.05, 0.1) is 5.69 Å². The number of nitrogens with zero attached hydrogens (tertiary/aromatic N) is 4. The molecule has 0 saturated heterocycles. The molecule has 2 aromatic heterocycles. The van der Waals surface area contributed by atoms with Crippen LogP contribution < -0.4 is 10.6 Å². The first-order chi connectivity index (χ1) is 12.2. The van der Waals surface area contributed by atoms with Crippen LogP contribution in [0.25, 0.3) is 0 Å². The Balaban J connectivity index is 2.25. The number of nitro groups is 1. The molecule has 3 N–H and O–H groups in total. The molecule has 0 spiro atoms. The zero-order chi connectivity index (χ0) is 19.4. The molecule has 0 bridgehead atoms. The van der Waals surface area contributed by atoms with Crippen LogP contribution in [-0.4, -0.2) is 43.3 Å². The Labute approximate surface area is 156 Å². The smallest absolute Gasteiger partial charge is 0.357 e. The van der Waals surface area contributed by atoms with Crippen LogP contribution >= 0.6 is 15.9 Å². The summed E-state index contributed by atoms with van der Waals surface area (Å²) in [6.45, 7) is 6.70. The molecule has 0 aliphatic heterocycles. The molecule has 2 aromatic rings. The molecule has 12 heteroatoms. The zero-order valence-corrected chi connectivity index (χ0v) is 16.0. The Morgan fingerprint density at radius 3 is 2.62 bits per heavy atom. The maximum absolute atomic E-state index is 12.4. The van der Waals surface area contributed by atoms with Crippen LogP contribution in [0.4, 0.5) is 11.5 Å². The van der Waals surface area contributed by atoms with Gasteiger partial charge in [-0.15, -0.1) is 5.10 Å². The van der Waals surface area contributed by atoms with Crippen molar-refractivity contribution in [2.24, 2.45) is 5.92 Å². The number of hydrogen-bond acceptors (Lipinski definition) is 6. The summed E-state index contributed by atoms with van der Waals surface area (Å²) in [7, 11) is 0. The Hall–Kier alpha value is -2.76. The molecule has 11 nitrogen and oxygen atoms in total. The van der Waals surface area contributed by atoms with Crippen molar-refractivity contribution < 1.29 is 14.5 Å². The van der Waals surface area contributed by atoms with Gasteiger partial charge in [0.1, 0.15) is 4.47 Å². The molecule has 0 saturated carbocycles. The van der Waals surface area contributed by atoms with E-state index < -0.39 is 22.6 Å². The molecule has 0 fully saturated rings. The van der Waals surface area contributed by atoms with Crippen LogP contribution in [-0.2, 0) is 6.54 Å². The fourth-order valence-electron chi connectivity index (χ4n) is 2.00. The minimum Gasteiger partial charge on any atom is -0.358 e. The van der Waals surface area contributed by atoms with Crippen LogP contribution in [0.3, 0.4) is 0 Å². The van der Waals surface area contributed by atoms with Crippen molar-refractivity contribution in [3.8, 4) is 0 Å². The summed E-state index contributed by atoms with van der Waals surface area (Å²) in [5.74, 6) is -1.32. The van der Waals surface area contributed by atoms with Crippen molar-refractivity contribution in [1.29, 1.82) is 0 Å². The summed E-state index contributed by atoms with van der Waals surface area (Å²) in [5, 5.41) is 26.1. The van der Waals surface area contributed by atoms with E-state index in [2.05, 4.69) is 41.9 Å². The number of aryl methyl sites for hydroxylation is 1. The highest BCUT2D eigenvalue weighted by Crippen LogP contribution is 2.26. The largest absolute Gasteiger partial charge is 0.358 e. The number of aromatic amines is 1. The topological polar surface area (TPSA) is 148 Å². The molecular formula is C14H18BrN7O4. The molecular weight excluding hydrogens is 410 g/mol. The van der Waals surface area contributed by atoms with E-state index in [0.717, 1.165) is 0 Å². The number of carbonyl (C=O) groups excluding carboxylic acids is 2. The minimum absolute atomic E-state index is 0.0574. The van der Waals surface area contributed by atoms with Gasteiger partial charge in [0.25, 0.3) is 11.8 Å². The van der Waals surface area contributed by atoms with Gasteiger partial charge < -0.3 is 20.7 Å². The van der Waals surface area contributed by atoms with E-state index in [-0.39, 0.29) is 27.5 Å². The monoisotopic (exact) mass is 427 g/mol. The lowest BCUT2D eigenvalue weighted by Crippen LogP contribution is -2.28. The quantitative estimate of drug-likeness (QED) is 0.453. The molecule has 2 amide bonds. The summed E-state index contributed by atoms with van der Waals surface area (Å²) in [6, 6.07) is 0. The molecule has 0 aliphatic rings. The fourth-order valence-corrected chi connectivity index (χ4v) is 2.50. The number of nitrogens with one attached hydrogen (secondary N) is 3. The third kappa shape index (κ3) is 4.25. The van der Waals surface area contributed by atoms with Crippen molar-refractivity contribution in [2.45, 2.75) is 27.3 Å². The van der Waals surface area contributed by atoms with E-state index in [4.69, 9.17) is 0 Å². The summed E-state index contributed by atoms with van der Waals surface area (Å²) < 4.78 is 1.43. The second kappa shape index (κ2) is 8.08. The summed E-state index contributed by atoms with van der Waals surface area (Å²) in [6.07, 6.45) is 1.51. The fraction of sp³-hybridized carbons (Fsp3) is 0.429. The van der Waals surface area contributed by atoms with Crippen LogP contribution in [0, 0.1) is 16.0 Å². The number of hydrogen-bond donors (Lipinski definition) is 3. The van der Waals surface area contributed by atoms with Gasteiger partial charge in [-0.05, 0) is 33.7 Å². The number of rotatable bonds is 7. The van der Waals surface area contributed by atoms with Gasteiger partial charge in [-0.2, -0.15) is 5.10 Å². The lowest BCUT2D eigenvalue weighted by Gasteiger charge is -2.07. The minimum atomic E-state index is -0.713. The van der Waals surface area contributed by atoms with Gasteiger partial charge in [-0.25, -0.2) is 0 Å². The first-order valence-corrected chi connectivity index (χ1v) is 8.59. The molecule has 2 heterocycles. The third-order valence-electron chi connectivity index (χ3n) is 3.31. The number of H-pyrrole nitrogens is 1. The molecule has 2 rings (SSSR count).